The van der Waals surface area contributed by atoms with Gasteiger partial charge in [-0.25, -0.2) is 4.98 Å². The Kier molecular flexibility index (Phi) is 4.50. The molecule has 0 fully saturated rings. The lowest BCUT2D eigenvalue weighted by molar-refractivity contribution is -0.115. The van der Waals surface area contributed by atoms with Crippen molar-refractivity contribution in [2.75, 3.05) is 17.2 Å². The van der Waals surface area contributed by atoms with Crippen LogP contribution in [0.3, 0.4) is 0 Å². The fourth-order valence-corrected chi connectivity index (χ4v) is 1.74. The third-order valence-corrected chi connectivity index (χ3v) is 2.61. The molecule has 2 aromatic rings. The molecular weight excluding hydrogens is 238 g/mol. The molecule has 1 amide bonds. The van der Waals surface area contributed by atoms with Crippen molar-refractivity contribution in [3.05, 3.63) is 54.2 Å². The Labute approximate surface area is 112 Å². The van der Waals surface area contributed by atoms with Crippen molar-refractivity contribution in [1.29, 1.82) is 0 Å². The minimum Gasteiger partial charge on any atom is -0.370 e. The Hall–Kier alpha value is -2.36. The summed E-state index contributed by atoms with van der Waals surface area (Å²) in [6.07, 6.45) is 2.02. The van der Waals surface area contributed by atoms with Crippen LogP contribution < -0.4 is 10.6 Å². The topological polar surface area (TPSA) is 54.0 Å². The highest BCUT2D eigenvalue weighted by atomic mass is 16.1. The molecule has 0 saturated heterocycles. The molecular formula is C15H17N3O. The zero-order chi connectivity index (χ0) is 13.5. The van der Waals surface area contributed by atoms with Crippen LogP contribution in [-0.4, -0.2) is 17.4 Å². The first kappa shape index (κ1) is 13.1. The molecule has 2 N–H and O–H groups in total. The van der Waals surface area contributed by atoms with E-state index in [1.54, 1.807) is 6.20 Å². The van der Waals surface area contributed by atoms with E-state index in [-0.39, 0.29) is 5.91 Å². The largest absolute Gasteiger partial charge is 0.370 e. The van der Waals surface area contributed by atoms with Crippen molar-refractivity contribution < 1.29 is 4.79 Å². The molecule has 1 aromatic carbocycles. The molecule has 0 unspecified atom stereocenters. The van der Waals surface area contributed by atoms with Gasteiger partial charge in [0, 0.05) is 6.54 Å². The van der Waals surface area contributed by atoms with Crippen molar-refractivity contribution in [1.82, 2.24) is 4.98 Å². The zero-order valence-electron chi connectivity index (χ0n) is 10.9. The molecule has 0 saturated carbocycles. The number of hydrogen-bond acceptors (Lipinski definition) is 3. The van der Waals surface area contributed by atoms with Crippen LogP contribution in [0.1, 0.15) is 12.5 Å². The first-order chi connectivity index (χ1) is 9.28. The van der Waals surface area contributed by atoms with Gasteiger partial charge in [-0.15, -0.1) is 0 Å². The fourth-order valence-electron chi connectivity index (χ4n) is 1.74. The molecule has 0 atom stereocenters. The number of nitrogens with one attached hydrogen (secondary N) is 2. The average Bonchev–Trinajstić information content (AvgIpc) is 2.42. The predicted octanol–water partition coefficient (Wildman–Crippen LogP) is 2.69. The summed E-state index contributed by atoms with van der Waals surface area (Å²) in [7, 11) is 0. The summed E-state index contributed by atoms with van der Waals surface area (Å²) in [5.74, 6) is 0.771. The minimum absolute atomic E-state index is 0.0378. The normalized spacial score (nSPS) is 9.95. The van der Waals surface area contributed by atoms with E-state index in [1.807, 2.05) is 49.4 Å². The Morgan fingerprint density at radius 2 is 1.95 bits per heavy atom. The van der Waals surface area contributed by atoms with E-state index in [0.717, 1.165) is 17.9 Å². The number of anilines is 2. The lowest BCUT2D eigenvalue weighted by Gasteiger charge is -2.06. The molecule has 0 aliphatic carbocycles. The Morgan fingerprint density at radius 3 is 2.58 bits per heavy atom. The average molecular weight is 255 g/mol. The summed E-state index contributed by atoms with van der Waals surface area (Å²) in [4.78, 5) is 16.0. The van der Waals surface area contributed by atoms with Crippen LogP contribution in [0, 0.1) is 0 Å². The summed E-state index contributed by atoms with van der Waals surface area (Å²) in [6.45, 7) is 2.84. The summed E-state index contributed by atoms with van der Waals surface area (Å²) in [6, 6.07) is 13.4. The van der Waals surface area contributed by atoms with Crippen molar-refractivity contribution in [3.8, 4) is 0 Å². The van der Waals surface area contributed by atoms with Gasteiger partial charge in [0.05, 0.1) is 18.3 Å². The smallest absolute Gasteiger partial charge is 0.228 e. The SMILES string of the molecule is CCNc1ccc(NC(=O)Cc2ccccc2)cn1. The monoisotopic (exact) mass is 255 g/mol. The maximum atomic E-state index is 11.8. The zero-order valence-corrected chi connectivity index (χ0v) is 10.9. The Morgan fingerprint density at radius 1 is 1.16 bits per heavy atom. The molecule has 0 aliphatic rings. The quantitative estimate of drug-likeness (QED) is 0.863. The molecule has 0 spiro atoms. The van der Waals surface area contributed by atoms with Crippen LogP contribution in [0.5, 0.6) is 0 Å². The molecule has 0 radical (unpaired) electrons. The number of hydrogen-bond donors (Lipinski definition) is 2. The van der Waals surface area contributed by atoms with Gasteiger partial charge in [-0.05, 0) is 24.6 Å². The van der Waals surface area contributed by atoms with E-state index in [4.69, 9.17) is 0 Å². The number of rotatable bonds is 5. The van der Waals surface area contributed by atoms with Crippen molar-refractivity contribution in [2.24, 2.45) is 0 Å². The van der Waals surface area contributed by atoms with Gasteiger partial charge in [0.1, 0.15) is 5.82 Å². The van der Waals surface area contributed by atoms with Gasteiger partial charge < -0.3 is 10.6 Å². The van der Waals surface area contributed by atoms with Crippen molar-refractivity contribution in [2.45, 2.75) is 13.3 Å². The van der Waals surface area contributed by atoms with E-state index < -0.39 is 0 Å². The number of carbonyl (C=O) groups excluding carboxylic acids is 1. The number of carbonyl (C=O) groups is 1. The summed E-state index contributed by atoms with van der Waals surface area (Å²) >= 11 is 0. The minimum atomic E-state index is -0.0378. The standard InChI is InChI=1S/C15H17N3O/c1-2-16-14-9-8-13(11-17-14)18-15(19)10-12-6-4-3-5-7-12/h3-9,11H,2,10H2,1H3,(H,16,17)(H,18,19). The highest BCUT2D eigenvalue weighted by Crippen LogP contribution is 2.10. The molecule has 98 valence electrons. The predicted molar refractivity (Wildman–Crippen MR) is 77.2 cm³/mol. The highest BCUT2D eigenvalue weighted by Gasteiger charge is 2.04. The molecule has 1 aromatic heterocycles. The van der Waals surface area contributed by atoms with Gasteiger partial charge in [0.25, 0.3) is 0 Å². The van der Waals surface area contributed by atoms with Gasteiger partial charge >= 0.3 is 0 Å². The second kappa shape index (κ2) is 6.54. The summed E-state index contributed by atoms with van der Waals surface area (Å²) in [5, 5.41) is 5.93. The third kappa shape index (κ3) is 4.10. The molecule has 0 bridgehead atoms. The Bertz CT molecular complexity index is 523. The number of aromatic nitrogens is 1. The van der Waals surface area contributed by atoms with Gasteiger partial charge in [0.2, 0.25) is 5.91 Å². The van der Waals surface area contributed by atoms with E-state index in [9.17, 15) is 4.79 Å². The summed E-state index contributed by atoms with van der Waals surface area (Å²) in [5.41, 5.74) is 1.71. The fraction of sp³-hybridized carbons (Fsp3) is 0.200. The Balaban J connectivity index is 1.91. The summed E-state index contributed by atoms with van der Waals surface area (Å²) < 4.78 is 0. The second-order valence-electron chi connectivity index (χ2n) is 4.17. The number of benzene rings is 1. The number of pyridine rings is 1. The van der Waals surface area contributed by atoms with Crippen LogP contribution in [0.2, 0.25) is 0 Å². The first-order valence-corrected chi connectivity index (χ1v) is 6.31. The van der Waals surface area contributed by atoms with Crippen LogP contribution in [0.15, 0.2) is 48.7 Å². The molecule has 4 heteroatoms. The van der Waals surface area contributed by atoms with Gasteiger partial charge in [-0.1, -0.05) is 30.3 Å². The lowest BCUT2D eigenvalue weighted by atomic mass is 10.1. The van der Waals surface area contributed by atoms with Crippen molar-refractivity contribution >= 4 is 17.4 Å². The van der Waals surface area contributed by atoms with Crippen LogP contribution >= 0.6 is 0 Å². The lowest BCUT2D eigenvalue weighted by Crippen LogP contribution is -2.14. The number of nitrogens with zero attached hydrogens (tertiary/aromatic N) is 1. The van der Waals surface area contributed by atoms with E-state index >= 15 is 0 Å². The second-order valence-corrected chi connectivity index (χ2v) is 4.17. The van der Waals surface area contributed by atoms with Gasteiger partial charge in [0.15, 0.2) is 0 Å². The van der Waals surface area contributed by atoms with E-state index in [1.165, 1.54) is 0 Å². The highest BCUT2D eigenvalue weighted by molar-refractivity contribution is 5.92. The molecule has 19 heavy (non-hydrogen) atoms. The molecule has 2 rings (SSSR count). The molecule has 1 heterocycles. The maximum Gasteiger partial charge on any atom is 0.228 e. The molecule has 4 nitrogen and oxygen atoms in total. The number of amides is 1. The first-order valence-electron chi connectivity index (χ1n) is 6.31. The van der Waals surface area contributed by atoms with E-state index in [0.29, 0.717) is 12.1 Å². The van der Waals surface area contributed by atoms with E-state index in [2.05, 4.69) is 15.6 Å². The third-order valence-electron chi connectivity index (χ3n) is 2.61. The van der Waals surface area contributed by atoms with Crippen LogP contribution in [-0.2, 0) is 11.2 Å². The van der Waals surface area contributed by atoms with Crippen molar-refractivity contribution in [3.63, 3.8) is 0 Å². The molecule has 0 aliphatic heterocycles. The van der Waals surface area contributed by atoms with Crippen LogP contribution in [0.25, 0.3) is 0 Å². The van der Waals surface area contributed by atoms with Gasteiger partial charge in [-0.3, -0.25) is 4.79 Å². The van der Waals surface area contributed by atoms with Crippen LogP contribution in [0.4, 0.5) is 11.5 Å². The van der Waals surface area contributed by atoms with Gasteiger partial charge in [-0.2, -0.15) is 0 Å². The maximum absolute atomic E-state index is 11.8.